The first-order chi connectivity index (χ1) is 15.0. The Morgan fingerprint density at radius 2 is 1.90 bits per heavy atom. The van der Waals surface area contributed by atoms with E-state index in [1.165, 1.54) is 34.8 Å². The van der Waals surface area contributed by atoms with E-state index in [4.69, 9.17) is 0 Å². The first-order valence-electron chi connectivity index (χ1n) is 9.92. The molecule has 0 aliphatic carbocycles. The Hall–Kier alpha value is -3.10. The van der Waals surface area contributed by atoms with Crippen LogP contribution in [0.25, 0.3) is 20.4 Å². The third kappa shape index (κ3) is 3.62. The number of para-hydroxylation sites is 1. The van der Waals surface area contributed by atoms with Gasteiger partial charge < -0.3 is 0 Å². The van der Waals surface area contributed by atoms with E-state index in [0.717, 1.165) is 31.7 Å². The fraction of sp³-hybridized carbons (Fsp3) is 0.174. The van der Waals surface area contributed by atoms with Gasteiger partial charge in [0.1, 0.15) is 10.6 Å². The minimum atomic E-state index is -0.260. The van der Waals surface area contributed by atoms with Crippen molar-refractivity contribution in [3.05, 3.63) is 76.5 Å². The number of hydrogen-bond donors (Lipinski definition) is 0. The van der Waals surface area contributed by atoms with Crippen LogP contribution in [0.3, 0.4) is 0 Å². The van der Waals surface area contributed by atoms with E-state index in [2.05, 4.69) is 10.1 Å². The fourth-order valence-electron chi connectivity index (χ4n) is 3.56. The molecule has 31 heavy (non-hydrogen) atoms. The van der Waals surface area contributed by atoms with Gasteiger partial charge in [0, 0.05) is 11.9 Å². The molecule has 0 spiro atoms. The van der Waals surface area contributed by atoms with Gasteiger partial charge in [-0.2, -0.15) is 5.10 Å². The quantitative estimate of drug-likeness (QED) is 0.336. The number of amides is 1. The van der Waals surface area contributed by atoms with Crippen LogP contribution in [0.5, 0.6) is 0 Å². The summed E-state index contributed by atoms with van der Waals surface area (Å²) in [5.41, 5.74) is 2.73. The number of anilines is 1. The van der Waals surface area contributed by atoms with Crippen molar-refractivity contribution >= 4 is 54.1 Å². The van der Waals surface area contributed by atoms with Gasteiger partial charge in [0.15, 0.2) is 5.13 Å². The van der Waals surface area contributed by atoms with Crippen LogP contribution in [-0.2, 0) is 6.54 Å². The molecule has 0 saturated carbocycles. The first kappa shape index (κ1) is 19.8. The van der Waals surface area contributed by atoms with Gasteiger partial charge in [0.05, 0.1) is 27.3 Å². The van der Waals surface area contributed by atoms with Crippen LogP contribution in [0.15, 0.2) is 54.6 Å². The van der Waals surface area contributed by atoms with Crippen molar-refractivity contribution in [3.8, 4) is 0 Å². The number of carbonyl (C=O) groups excluding carboxylic acids is 1. The second-order valence-electron chi connectivity index (χ2n) is 7.21. The minimum Gasteiger partial charge on any atom is -0.284 e. The molecule has 0 fully saturated rings. The summed E-state index contributed by atoms with van der Waals surface area (Å²) in [6, 6.07) is 16.2. The smallest absolute Gasteiger partial charge is 0.270 e. The number of carbonyl (C=O) groups is 1. The van der Waals surface area contributed by atoms with E-state index in [9.17, 15) is 9.18 Å². The molecular weight excluding hydrogens is 431 g/mol. The molecule has 3 aromatic heterocycles. The number of nitrogens with zero attached hydrogens (tertiary/aromatic N) is 4. The fourth-order valence-corrected chi connectivity index (χ4v) is 5.70. The summed E-state index contributed by atoms with van der Waals surface area (Å²) in [5.74, 6) is -0.320. The molecule has 0 N–H and O–H groups in total. The van der Waals surface area contributed by atoms with Crippen LogP contribution >= 0.6 is 22.7 Å². The van der Waals surface area contributed by atoms with Crippen molar-refractivity contribution in [1.29, 1.82) is 0 Å². The molecule has 0 aliphatic heterocycles. The van der Waals surface area contributed by atoms with E-state index in [-0.39, 0.29) is 11.7 Å². The summed E-state index contributed by atoms with van der Waals surface area (Å²) in [7, 11) is 0. The summed E-state index contributed by atoms with van der Waals surface area (Å²) >= 11 is 2.95. The van der Waals surface area contributed by atoms with Crippen molar-refractivity contribution in [2.45, 2.75) is 20.4 Å². The normalized spacial score (nSPS) is 11.5. The summed E-state index contributed by atoms with van der Waals surface area (Å²) < 4.78 is 16.2. The summed E-state index contributed by atoms with van der Waals surface area (Å²) in [6.07, 6.45) is 0. The zero-order chi connectivity index (χ0) is 21.5. The van der Waals surface area contributed by atoms with Crippen molar-refractivity contribution in [2.75, 3.05) is 11.4 Å². The third-order valence-corrected chi connectivity index (χ3v) is 7.33. The lowest BCUT2D eigenvalue weighted by Crippen LogP contribution is -2.29. The number of aryl methyl sites for hydroxylation is 1. The number of halogens is 1. The van der Waals surface area contributed by atoms with Crippen molar-refractivity contribution in [1.82, 2.24) is 14.8 Å². The molecule has 1 amide bonds. The Kier molecular flexibility index (Phi) is 5.03. The molecule has 5 aromatic rings. The highest BCUT2D eigenvalue weighted by molar-refractivity contribution is 7.23. The number of fused-ring (bicyclic) bond motifs is 2. The van der Waals surface area contributed by atoms with Gasteiger partial charge in [-0.1, -0.05) is 35.6 Å². The van der Waals surface area contributed by atoms with Crippen LogP contribution < -0.4 is 4.90 Å². The number of hydrogen-bond acceptors (Lipinski definition) is 5. The van der Waals surface area contributed by atoms with E-state index < -0.39 is 0 Å². The summed E-state index contributed by atoms with van der Waals surface area (Å²) in [5, 5.41) is 6.29. The van der Waals surface area contributed by atoms with Crippen LogP contribution in [0.2, 0.25) is 0 Å². The van der Waals surface area contributed by atoms with Crippen molar-refractivity contribution < 1.29 is 9.18 Å². The molecule has 5 nitrogen and oxygen atoms in total. The van der Waals surface area contributed by atoms with Gasteiger partial charge in [-0.05, 0) is 49.7 Å². The molecular formula is C23H19FN4OS2. The lowest BCUT2D eigenvalue weighted by molar-refractivity contribution is 0.0992. The number of thiazole rings is 1. The molecule has 156 valence electrons. The Balaban J connectivity index is 1.49. The summed E-state index contributed by atoms with van der Waals surface area (Å²) in [4.78, 5) is 21.3. The van der Waals surface area contributed by atoms with E-state index in [0.29, 0.717) is 23.1 Å². The molecule has 0 bridgehead atoms. The Morgan fingerprint density at radius 3 is 2.65 bits per heavy atom. The average molecular weight is 451 g/mol. The number of aromatic nitrogens is 3. The van der Waals surface area contributed by atoms with E-state index >= 15 is 0 Å². The highest BCUT2D eigenvalue weighted by Crippen LogP contribution is 2.33. The number of rotatable bonds is 5. The largest absolute Gasteiger partial charge is 0.284 e. The zero-order valence-electron chi connectivity index (χ0n) is 17.0. The maximum atomic E-state index is 13.4. The Labute approximate surface area is 186 Å². The zero-order valence-corrected chi connectivity index (χ0v) is 18.6. The number of benzene rings is 2. The molecule has 8 heteroatoms. The monoisotopic (exact) mass is 450 g/mol. The second kappa shape index (κ2) is 7.86. The maximum absolute atomic E-state index is 13.4. The van der Waals surface area contributed by atoms with Gasteiger partial charge in [0.25, 0.3) is 5.91 Å². The third-order valence-electron chi connectivity index (χ3n) is 5.14. The summed E-state index contributed by atoms with van der Waals surface area (Å²) in [6.45, 7) is 4.95. The maximum Gasteiger partial charge on any atom is 0.270 e. The number of thiophene rings is 1. The lowest BCUT2D eigenvalue weighted by atomic mass is 10.2. The van der Waals surface area contributed by atoms with E-state index in [1.807, 2.05) is 48.9 Å². The van der Waals surface area contributed by atoms with Crippen LogP contribution in [0.1, 0.15) is 27.9 Å². The van der Waals surface area contributed by atoms with Gasteiger partial charge in [-0.15, -0.1) is 11.3 Å². The van der Waals surface area contributed by atoms with Crippen LogP contribution in [0, 0.1) is 12.7 Å². The SMILES string of the molecule is CCN(C(=O)c1cc2c(C)nn(Cc3ccc(F)cc3)c2s1)c1nc2ccccc2s1. The van der Waals surface area contributed by atoms with Gasteiger partial charge in [0.2, 0.25) is 0 Å². The van der Waals surface area contributed by atoms with Crippen molar-refractivity contribution in [2.24, 2.45) is 0 Å². The topological polar surface area (TPSA) is 51.0 Å². The molecule has 0 radical (unpaired) electrons. The lowest BCUT2D eigenvalue weighted by Gasteiger charge is -2.16. The Morgan fingerprint density at radius 1 is 1.13 bits per heavy atom. The highest BCUT2D eigenvalue weighted by atomic mass is 32.1. The minimum absolute atomic E-state index is 0.0597. The van der Waals surface area contributed by atoms with Gasteiger partial charge >= 0.3 is 0 Å². The van der Waals surface area contributed by atoms with Crippen LogP contribution in [-0.4, -0.2) is 27.2 Å². The van der Waals surface area contributed by atoms with Gasteiger partial charge in [-0.25, -0.2) is 9.37 Å². The highest BCUT2D eigenvalue weighted by Gasteiger charge is 2.23. The first-order valence-corrected chi connectivity index (χ1v) is 11.6. The predicted octanol–water partition coefficient (Wildman–Crippen LogP) is 5.87. The average Bonchev–Trinajstić information content (AvgIpc) is 3.46. The molecule has 3 heterocycles. The standard InChI is InChI=1S/C23H19FN4OS2/c1-3-27(23-25-18-6-4-5-7-19(18)31-23)21(29)20-12-17-14(2)26-28(22(17)30-20)13-15-8-10-16(24)11-9-15/h4-12H,3,13H2,1-2H3. The van der Waals surface area contributed by atoms with Crippen LogP contribution in [0.4, 0.5) is 9.52 Å². The molecule has 2 aromatic carbocycles. The molecule has 5 rings (SSSR count). The van der Waals surface area contributed by atoms with E-state index in [1.54, 1.807) is 17.0 Å². The van der Waals surface area contributed by atoms with Crippen molar-refractivity contribution in [3.63, 3.8) is 0 Å². The molecule has 0 saturated heterocycles. The molecule has 0 atom stereocenters. The molecule has 0 aliphatic rings. The molecule has 0 unspecified atom stereocenters. The van der Waals surface area contributed by atoms with Gasteiger partial charge in [-0.3, -0.25) is 14.4 Å². The predicted molar refractivity (Wildman–Crippen MR) is 125 cm³/mol. The second-order valence-corrected chi connectivity index (χ2v) is 9.25. The Bertz CT molecular complexity index is 1370.